The van der Waals surface area contributed by atoms with Gasteiger partial charge in [0.1, 0.15) is 0 Å². The maximum Gasteiger partial charge on any atom is 0.345 e. The molecule has 162 valence electrons. The van der Waals surface area contributed by atoms with Gasteiger partial charge in [-0.1, -0.05) is 0 Å². The molecule has 5 rings (SSSR count). The van der Waals surface area contributed by atoms with Crippen molar-refractivity contribution in [3.8, 4) is 11.1 Å². The largest absolute Gasteiger partial charge is 0.353 e. The van der Waals surface area contributed by atoms with Gasteiger partial charge in [-0.25, -0.2) is 19.5 Å². The highest BCUT2D eigenvalue weighted by molar-refractivity contribution is 5.79. The van der Waals surface area contributed by atoms with Crippen molar-refractivity contribution in [2.24, 2.45) is 5.92 Å². The van der Waals surface area contributed by atoms with Gasteiger partial charge in [0.15, 0.2) is 0 Å². The van der Waals surface area contributed by atoms with Gasteiger partial charge in [0.05, 0.1) is 24.0 Å². The van der Waals surface area contributed by atoms with E-state index in [1.807, 2.05) is 29.8 Å². The van der Waals surface area contributed by atoms with Crippen LogP contribution in [0.1, 0.15) is 31.4 Å². The topological polar surface area (TPSA) is 81.6 Å². The number of fused-ring (bicyclic) bond motifs is 2. The number of aryl methyl sites for hydroxylation is 1. The van der Waals surface area contributed by atoms with E-state index in [0.29, 0.717) is 37.0 Å². The van der Waals surface area contributed by atoms with Crippen molar-refractivity contribution < 1.29 is 13.5 Å². The number of alkyl halides is 2. The number of hydrogen-bond acceptors (Lipinski definition) is 6. The smallest absolute Gasteiger partial charge is 0.345 e. The van der Waals surface area contributed by atoms with Gasteiger partial charge in [0.2, 0.25) is 11.7 Å². The molecule has 0 aromatic carbocycles. The molecule has 1 saturated carbocycles. The zero-order valence-electron chi connectivity index (χ0n) is 17.1. The predicted molar refractivity (Wildman–Crippen MR) is 111 cm³/mol. The van der Waals surface area contributed by atoms with Crippen LogP contribution in [-0.2, 0) is 4.74 Å². The molecule has 0 atom stereocenters. The number of ether oxygens (including phenoxy) is 1. The van der Waals surface area contributed by atoms with E-state index in [1.54, 1.807) is 23.1 Å². The van der Waals surface area contributed by atoms with Crippen LogP contribution in [0, 0.1) is 12.8 Å². The van der Waals surface area contributed by atoms with Crippen LogP contribution in [0.3, 0.4) is 0 Å². The molecule has 10 heteroatoms. The van der Waals surface area contributed by atoms with Crippen molar-refractivity contribution in [3.63, 3.8) is 0 Å². The first kappa shape index (κ1) is 19.8. The summed E-state index contributed by atoms with van der Waals surface area (Å²) in [7, 11) is 0. The summed E-state index contributed by atoms with van der Waals surface area (Å²) in [6, 6.07) is 1.99. The summed E-state index contributed by atoms with van der Waals surface area (Å²) in [5.41, 5.74) is 3.86. The molecular formula is C21H23F2N7O. The van der Waals surface area contributed by atoms with E-state index in [2.05, 4.69) is 30.1 Å². The molecule has 0 spiro atoms. The number of hydrogen-bond donors (Lipinski definition) is 1. The molecule has 0 aliphatic heterocycles. The van der Waals surface area contributed by atoms with E-state index in [4.69, 9.17) is 0 Å². The minimum atomic E-state index is -2.69. The van der Waals surface area contributed by atoms with Crippen molar-refractivity contribution in [1.29, 1.82) is 0 Å². The average molecular weight is 427 g/mol. The Bertz CT molecular complexity index is 1200. The number of anilines is 1. The van der Waals surface area contributed by atoms with Gasteiger partial charge in [-0.2, -0.15) is 8.78 Å². The summed E-state index contributed by atoms with van der Waals surface area (Å²) in [4.78, 5) is 13.2. The Hall–Kier alpha value is -3.14. The molecule has 8 nitrogen and oxygen atoms in total. The molecule has 1 N–H and O–H groups in total. The molecule has 0 unspecified atom stereocenters. The third-order valence-electron chi connectivity index (χ3n) is 5.92. The third kappa shape index (κ3) is 4.07. The number of nitrogens with zero attached hydrogens (tertiary/aromatic N) is 6. The lowest BCUT2D eigenvalue weighted by Crippen LogP contribution is -2.27. The van der Waals surface area contributed by atoms with Gasteiger partial charge in [-0.15, -0.1) is 5.10 Å². The molecule has 31 heavy (non-hydrogen) atoms. The molecule has 0 bridgehead atoms. The molecule has 1 aliphatic carbocycles. The summed E-state index contributed by atoms with van der Waals surface area (Å²) in [5.74, 6) is 1.61. The van der Waals surface area contributed by atoms with Crippen LogP contribution in [0.15, 0.2) is 37.1 Å². The maximum absolute atomic E-state index is 12.3. The van der Waals surface area contributed by atoms with Crippen LogP contribution in [0.4, 0.5) is 14.7 Å². The quantitative estimate of drug-likeness (QED) is 0.502. The minimum absolute atomic E-state index is 0.332. The van der Waals surface area contributed by atoms with Gasteiger partial charge in [0, 0.05) is 42.0 Å². The Kier molecular flexibility index (Phi) is 5.23. The second kappa shape index (κ2) is 8.18. The molecule has 4 aromatic heterocycles. The van der Waals surface area contributed by atoms with E-state index >= 15 is 0 Å². The standard InChI is InChI=1S/C21H23F2N7O/c1-13-8-26-21-27-10-15(12-29(13)21)17-6-7-30-18(17)11-25-20(28-30)24-9-14-2-4-16(5-3-14)31-19(22)23/h6-8,10-12,14,16,19H,2-5,9H2,1H3,(H,24,28). The average Bonchev–Trinajstić information content (AvgIpc) is 3.36. The number of halogens is 2. The molecule has 4 aromatic rings. The van der Waals surface area contributed by atoms with Crippen LogP contribution in [0.5, 0.6) is 0 Å². The summed E-state index contributed by atoms with van der Waals surface area (Å²) in [6.45, 7) is 0.0115. The summed E-state index contributed by atoms with van der Waals surface area (Å²) >= 11 is 0. The molecule has 0 amide bonds. The minimum Gasteiger partial charge on any atom is -0.353 e. The van der Waals surface area contributed by atoms with Crippen molar-refractivity contribution >= 4 is 17.2 Å². The highest BCUT2D eigenvalue weighted by Gasteiger charge is 2.24. The fraction of sp³-hybridized carbons (Fsp3) is 0.429. The molecule has 0 saturated heterocycles. The Labute approximate surface area is 177 Å². The lowest BCUT2D eigenvalue weighted by molar-refractivity contribution is -0.171. The number of nitrogens with one attached hydrogen (secondary N) is 1. The molecular weight excluding hydrogens is 404 g/mol. The van der Waals surface area contributed by atoms with Gasteiger partial charge in [0.25, 0.3) is 0 Å². The molecule has 1 fully saturated rings. The zero-order valence-corrected chi connectivity index (χ0v) is 17.1. The first-order valence-corrected chi connectivity index (χ1v) is 10.4. The first-order valence-electron chi connectivity index (χ1n) is 10.4. The van der Waals surface area contributed by atoms with Gasteiger partial charge >= 0.3 is 6.61 Å². The van der Waals surface area contributed by atoms with E-state index in [1.165, 1.54) is 0 Å². The van der Waals surface area contributed by atoms with Crippen LogP contribution in [0.25, 0.3) is 22.4 Å². The van der Waals surface area contributed by atoms with E-state index in [0.717, 1.165) is 35.2 Å². The second-order valence-corrected chi connectivity index (χ2v) is 7.97. The number of imidazole rings is 1. The summed E-state index contributed by atoms with van der Waals surface area (Å²) in [6.07, 6.45) is 12.0. The van der Waals surface area contributed by atoms with Crippen LogP contribution < -0.4 is 5.32 Å². The number of rotatable bonds is 6. The predicted octanol–water partition coefficient (Wildman–Crippen LogP) is 3.96. The van der Waals surface area contributed by atoms with Gasteiger partial charge in [-0.3, -0.25) is 4.40 Å². The zero-order chi connectivity index (χ0) is 21.4. The fourth-order valence-electron chi connectivity index (χ4n) is 4.21. The first-order chi connectivity index (χ1) is 15.1. The fourth-order valence-corrected chi connectivity index (χ4v) is 4.21. The maximum atomic E-state index is 12.3. The van der Waals surface area contributed by atoms with Crippen molar-refractivity contribution in [2.45, 2.75) is 45.3 Å². The van der Waals surface area contributed by atoms with Crippen LogP contribution in [0.2, 0.25) is 0 Å². The van der Waals surface area contributed by atoms with E-state index in [9.17, 15) is 8.78 Å². The summed E-state index contributed by atoms with van der Waals surface area (Å²) < 4.78 is 33.0. The van der Waals surface area contributed by atoms with Crippen molar-refractivity contribution in [2.75, 3.05) is 11.9 Å². The van der Waals surface area contributed by atoms with Gasteiger partial charge in [-0.05, 0) is 44.6 Å². The van der Waals surface area contributed by atoms with Crippen LogP contribution in [-0.4, -0.2) is 48.2 Å². The Morgan fingerprint density at radius 1 is 1.13 bits per heavy atom. The van der Waals surface area contributed by atoms with E-state index in [-0.39, 0.29) is 6.10 Å². The Balaban J connectivity index is 1.27. The highest BCUT2D eigenvalue weighted by atomic mass is 19.3. The normalized spacial score (nSPS) is 19.5. The van der Waals surface area contributed by atoms with E-state index < -0.39 is 6.61 Å². The van der Waals surface area contributed by atoms with Crippen LogP contribution >= 0.6 is 0 Å². The molecule has 0 radical (unpaired) electrons. The monoisotopic (exact) mass is 427 g/mol. The van der Waals surface area contributed by atoms with Gasteiger partial charge < -0.3 is 10.1 Å². The Morgan fingerprint density at radius 3 is 2.74 bits per heavy atom. The SMILES string of the molecule is Cc1cnc2ncc(-c3ccn4nc(NCC5CCC(OC(F)F)CC5)ncc34)cn12. The molecule has 1 aliphatic rings. The molecule has 4 heterocycles. The van der Waals surface area contributed by atoms with Crippen molar-refractivity contribution in [1.82, 2.24) is 29.0 Å². The number of aromatic nitrogens is 6. The highest BCUT2D eigenvalue weighted by Crippen LogP contribution is 2.28. The lowest BCUT2D eigenvalue weighted by atomic mass is 9.87. The lowest BCUT2D eigenvalue weighted by Gasteiger charge is -2.28. The summed E-state index contributed by atoms with van der Waals surface area (Å²) in [5, 5.41) is 7.84. The second-order valence-electron chi connectivity index (χ2n) is 7.97. The Morgan fingerprint density at radius 2 is 1.94 bits per heavy atom. The third-order valence-corrected chi connectivity index (χ3v) is 5.92. The van der Waals surface area contributed by atoms with Crippen molar-refractivity contribution in [3.05, 3.63) is 42.7 Å².